The molecule has 2 aliphatic rings. The largest absolute Gasteiger partial charge is 0.378 e. The summed E-state index contributed by atoms with van der Waals surface area (Å²) in [7, 11) is 0. The van der Waals surface area contributed by atoms with E-state index in [1.54, 1.807) is 11.3 Å². The molecule has 0 radical (unpaired) electrons. The molecule has 4 rings (SSSR count). The van der Waals surface area contributed by atoms with Crippen LogP contribution in [0.25, 0.3) is 0 Å². The molecule has 5 nitrogen and oxygen atoms in total. The van der Waals surface area contributed by atoms with Gasteiger partial charge in [-0.25, -0.2) is 4.98 Å². The van der Waals surface area contributed by atoms with E-state index in [1.165, 1.54) is 24.0 Å². The topological polar surface area (TPSA) is 37.8 Å². The lowest BCUT2D eigenvalue weighted by Crippen LogP contribution is -2.38. The molecule has 0 saturated carbocycles. The number of nitrogens with zero attached hydrogens (tertiary/aromatic N) is 3. The van der Waals surface area contributed by atoms with E-state index in [4.69, 9.17) is 14.5 Å². The van der Waals surface area contributed by atoms with Gasteiger partial charge in [0.15, 0.2) is 0 Å². The van der Waals surface area contributed by atoms with E-state index >= 15 is 0 Å². The molecule has 0 aromatic carbocycles. The van der Waals surface area contributed by atoms with Crippen LogP contribution in [0.5, 0.6) is 0 Å². The lowest BCUT2D eigenvalue weighted by molar-refractivity contribution is 0.0679. The number of aromatic nitrogens is 1. The molecule has 0 spiro atoms. The van der Waals surface area contributed by atoms with Crippen molar-refractivity contribution in [3.63, 3.8) is 0 Å². The quantitative estimate of drug-likeness (QED) is 0.745. The van der Waals surface area contributed by atoms with Crippen LogP contribution < -0.4 is 4.90 Å². The van der Waals surface area contributed by atoms with Crippen LogP contribution >= 0.6 is 11.3 Å². The van der Waals surface area contributed by atoms with Crippen molar-refractivity contribution in [3.05, 3.63) is 46.3 Å². The van der Waals surface area contributed by atoms with Crippen LogP contribution in [-0.2, 0) is 22.6 Å². The molecule has 0 aliphatic carbocycles. The highest BCUT2D eigenvalue weighted by atomic mass is 32.1. The smallest absolute Gasteiger partial charge is 0.133 e. The minimum atomic E-state index is 0.358. The highest BCUT2D eigenvalue weighted by molar-refractivity contribution is 7.07. The van der Waals surface area contributed by atoms with Crippen molar-refractivity contribution in [1.82, 2.24) is 9.88 Å². The van der Waals surface area contributed by atoms with Crippen molar-refractivity contribution in [1.29, 1.82) is 0 Å². The SMILES string of the molecule is c1cnc(N2CCOCC2)c(CN(Cc2ccsc2)CC2CCCO2)c1. The first-order valence-corrected chi connectivity index (χ1v) is 10.4. The van der Waals surface area contributed by atoms with Gasteiger partial charge in [0.25, 0.3) is 0 Å². The van der Waals surface area contributed by atoms with E-state index < -0.39 is 0 Å². The normalized spacial score (nSPS) is 20.8. The van der Waals surface area contributed by atoms with E-state index in [0.717, 1.165) is 58.4 Å². The van der Waals surface area contributed by atoms with E-state index in [1.807, 2.05) is 12.3 Å². The second-order valence-corrected chi connectivity index (χ2v) is 7.80. The molecule has 26 heavy (non-hydrogen) atoms. The number of ether oxygens (including phenoxy) is 2. The van der Waals surface area contributed by atoms with Crippen molar-refractivity contribution < 1.29 is 9.47 Å². The summed E-state index contributed by atoms with van der Waals surface area (Å²) in [5.74, 6) is 1.11. The Hall–Kier alpha value is -1.47. The second kappa shape index (κ2) is 8.95. The standard InChI is InChI=1S/C20H27N3O2S/c1-3-18(20(21-6-1)23-7-10-24-11-8-23)14-22(13-17-5-12-26-16-17)15-19-4-2-9-25-19/h1,3,5-6,12,16,19H,2,4,7-11,13-15H2. The summed E-state index contributed by atoms with van der Waals surface area (Å²) < 4.78 is 11.4. The fourth-order valence-corrected chi connectivity index (χ4v) is 4.42. The van der Waals surface area contributed by atoms with Gasteiger partial charge in [0, 0.05) is 51.1 Å². The van der Waals surface area contributed by atoms with Crippen molar-refractivity contribution in [2.45, 2.75) is 32.0 Å². The average molecular weight is 374 g/mol. The van der Waals surface area contributed by atoms with Crippen molar-refractivity contribution >= 4 is 17.2 Å². The highest BCUT2D eigenvalue weighted by Gasteiger charge is 2.22. The summed E-state index contributed by atoms with van der Waals surface area (Å²) in [5, 5.41) is 4.40. The number of hydrogen-bond acceptors (Lipinski definition) is 6. The molecule has 0 bridgehead atoms. The predicted octanol–water partition coefficient (Wildman–Crippen LogP) is 3.16. The Morgan fingerprint density at radius 2 is 2.12 bits per heavy atom. The molecule has 2 aromatic heterocycles. The first-order chi connectivity index (χ1) is 12.9. The van der Waals surface area contributed by atoms with Crippen LogP contribution in [0.3, 0.4) is 0 Å². The minimum absolute atomic E-state index is 0.358. The molecule has 0 amide bonds. The van der Waals surface area contributed by atoms with Crippen LogP contribution in [0, 0.1) is 0 Å². The summed E-state index contributed by atoms with van der Waals surface area (Å²) >= 11 is 1.76. The Morgan fingerprint density at radius 3 is 2.88 bits per heavy atom. The summed E-state index contributed by atoms with van der Waals surface area (Å²) in [5.41, 5.74) is 2.67. The van der Waals surface area contributed by atoms with Crippen LogP contribution in [0.2, 0.25) is 0 Å². The molecule has 1 atom stereocenters. The van der Waals surface area contributed by atoms with Gasteiger partial charge >= 0.3 is 0 Å². The van der Waals surface area contributed by atoms with Gasteiger partial charge in [-0.05, 0) is 41.3 Å². The Bertz CT molecular complexity index is 667. The van der Waals surface area contributed by atoms with Crippen LogP contribution in [0.4, 0.5) is 5.82 Å². The summed E-state index contributed by atoms with van der Waals surface area (Å²) in [6, 6.07) is 6.49. The molecular formula is C20H27N3O2S. The first-order valence-electron chi connectivity index (χ1n) is 9.50. The van der Waals surface area contributed by atoms with Gasteiger partial charge in [0.05, 0.1) is 19.3 Å². The molecule has 6 heteroatoms. The number of rotatable bonds is 7. The average Bonchev–Trinajstić information content (AvgIpc) is 3.37. The van der Waals surface area contributed by atoms with Crippen molar-refractivity contribution in [3.8, 4) is 0 Å². The van der Waals surface area contributed by atoms with Crippen molar-refractivity contribution in [2.24, 2.45) is 0 Å². The zero-order valence-electron chi connectivity index (χ0n) is 15.2. The fraction of sp³-hybridized carbons (Fsp3) is 0.550. The molecular weight excluding hydrogens is 346 g/mol. The molecule has 2 fully saturated rings. The van der Waals surface area contributed by atoms with E-state index in [2.05, 4.69) is 32.7 Å². The number of anilines is 1. The molecule has 0 N–H and O–H groups in total. The Labute approximate surface area is 159 Å². The van der Waals surface area contributed by atoms with Gasteiger partial charge in [-0.15, -0.1) is 0 Å². The van der Waals surface area contributed by atoms with Crippen molar-refractivity contribution in [2.75, 3.05) is 44.4 Å². The molecule has 140 valence electrons. The maximum absolute atomic E-state index is 5.91. The van der Waals surface area contributed by atoms with E-state index in [9.17, 15) is 0 Å². The molecule has 1 unspecified atom stereocenters. The zero-order chi connectivity index (χ0) is 17.6. The fourth-order valence-electron chi connectivity index (χ4n) is 3.76. The van der Waals surface area contributed by atoms with Crippen LogP contribution in [0.15, 0.2) is 35.2 Å². The number of morpholine rings is 1. The Morgan fingerprint density at radius 1 is 1.19 bits per heavy atom. The maximum atomic E-state index is 5.91. The third kappa shape index (κ3) is 4.62. The molecule has 2 aromatic rings. The van der Waals surface area contributed by atoms with Gasteiger partial charge in [-0.1, -0.05) is 6.07 Å². The zero-order valence-corrected chi connectivity index (χ0v) is 16.0. The third-order valence-electron chi connectivity index (χ3n) is 5.04. The van der Waals surface area contributed by atoms with E-state index in [0.29, 0.717) is 6.10 Å². The van der Waals surface area contributed by atoms with Gasteiger partial charge < -0.3 is 14.4 Å². The summed E-state index contributed by atoms with van der Waals surface area (Å²) in [4.78, 5) is 9.57. The summed E-state index contributed by atoms with van der Waals surface area (Å²) in [6.45, 7) is 7.14. The minimum Gasteiger partial charge on any atom is -0.378 e. The number of thiophene rings is 1. The van der Waals surface area contributed by atoms with Crippen LogP contribution in [0.1, 0.15) is 24.0 Å². The van der Waals surface area contributed by atoms with Crippen LogP contribution in [-0.4, -0.2) is 55.4 Å². The van der Waals surface area contributed by atoms with Gasteiger partial charge in [-0.2, -0.15) is 11.3 Å². The first kappa shape index (κ1) is 17.9. The van der Waals surface area contributed by atoms with E-state index in [-0.39, 0.29) is 0 Å². The lowest BCUT2D eigenvalue weighted by Gasteiger charge is -2.31. The third-order valence-corrected chi connectivity index (χ3v) is 5.78. The number of hydrogen-bond donors (Lipinski definition) is 0. The maximum Gasteiger partial charge on any atom is 0.133 e. The molecule has 2 saturated heterocycles. The second-order valence-electron chi connectivity index (χ2n) is 7.02. The molecule has 2 aliphatic heterocycles. The van der Waals surface area contributed by atoms with Gasteiger partial charge in [0.1, 0.15) is 5.82 Å². The predicted molar refractivity (Wildman–Crippen MR) is 105 cm³/mol. The Kier molecular flexibility index (Phi) is 6.17. The Balaban J connectivity index is 1.50. The number of pyridine rings is 1. The monoisotopic (exact) mass is 373 g/mol. The highest BCUT2D eigenvalue weighted by Crippen LogP contribution is 2.23. The van der Waals surface area contributed by atoms with Gasteiger partial charge in [0.2, 0.25) is 0 Å². The molecule has 4 heterocycles. The lowest BCUT2D eigenvalue weighted by atomic mass is 10.1. The van der Waals surface area contributed by atoms with Gasteiger partial charge in [-0.3, -0.25) is 4.90 Å². The summed E-state index contributed by atoms with van der Waals surface area (Å²) in [6.07, 6.45) is 4.61.